The Morgan fingerprint density at radius 2 is 2.04 bits per heavy atom. The molecule has 0 radical (unpaired) electrons. The molecule has 0 unspecified atom stereocenters. The number of aromatic amines is 1. The topological polar surface area (TPSA) is 84.3 Å². The molecule has 0 spiro atoms. The van der Waals surface area contributed by atoms with Crippen molar-refractivity contribution < 1.29 is 9.53 Å². The van der Waals surface area contributed by atoms with Crippen LogP contribution in [0.4, 0.5) is 0 Å². The molecule has 8 heteroatoms. The van der Waals surface area contributed by atoms with Crippen LogP contribution in [0.25, 0.3) is 5.65 Å². The number of aryl methyl sites for hydroxylation is 1. The van der Waals surface area contributed by atoms with Gasteiger partial charge in [-0.15, -0.1) is 10.2 Å². The molecule has 0 atom stereocenters. The SMILES string of the molecule is Cc1[nH]n2c(C(C)(C)CNC(=O)COc3ccccc3)nnc2c1Cl. The lowest BCUT2D eigenvalue weighted by Crippen LogP contribution is -2.40. The smallest absolute Gasteiger partial charge is 0.257 e. The Morgan fingerprint density at radius 3 is 2.76 bits per heavy atom. The van der Waals surface area contributed by atoms with Crippen LogP contribution in [-0.2, 0) is 10.2 Å². The predicted molar refractivity (Wildman–Crippen MR) is 95.1 cm³/mol. The van der Waals surface area contributed by atoms with Gasteiger partial charge in [0.25, 0.3) is 5.91 Å². The van der Waals surface area contributed by atoms with Crippen LogP contribution in [-0.4, -0.2) is 38.9 Å². The van der Waals surface area contributed by atoms with E-state index in [9.17, 15) is 4.79 Å². The van der Waals surface area contributed by atoms with E-state index < -0.39 is 5.41 Å². The van der Waals surface area contributed by atoms with E-state index in [1.807, 2.05) is 51.1 Å². The summed E-state index contributed by atoms with van der Waals surface area (Å²) >= 11 is 6.19. The Bertz CT molecular complexity index is 885. The third-order valence-electron chi connectivity index (χ3n) is 3.91. The van der Waals surface area contributed by atoms with Crippen LogP contribution in [0.15, 0.2) is 30.3 Å². The highest BCUT2D eigenvalue weighted by Gasteiger charge is 2.29. The van der Waals surface area contributed by atoms with Crippen molar-refractivity contribution in [2.75, 3.05) is 13.2 Å². The largest absolute Gasteiger partial charge is 0.484 e. The van der Waals surface area contributed by atoms with Crippen LogP contribution >= 0.6 is 11.6 Å². The summed E-state index contributed by atoms with van der Waals surface area (Å²) in [5, 5.41) is 14.9. The number of fused-ring (bicyclic) bond motifs is 1. The van der Waals surface area contributed by atoms with E-state index in [0.717, 1.165) is 5.69 Å². The number of hydrogen-bond donors (Lipinski definition) is 2. The summed E-state index contributed by atoms with van der Waals surface area (Å²) in [5.41, 5.74) is 0.965. The highest BCUT2D eigenvalue weighted by atomic mass is 35.5. The summed E-state index contributed by atoms with van der Waals surface area (Å²) in [6.45, 7) is 6.18. The molecular weight excluding hydrogens is 342 g/mol. The van der Waals surface area contributed by atoms with Crippen molar-refractivity contribution in [3.8, 4) is 5.75 Å². The minimum atomic E-state index is -0.442. The summed E-state index contributed by atoms with van der Waals surface area (Å²) in [6, 6.07) is 9.22. The van der Waals surface area contributed by atoms with Crippen molar-refractivity contribution in [1.82, 2.24) is 25.1 Å². The molecule has 0 bridgehead atoms. The van der Waals surface area contributed by atoms with Crippen molar-refractivity contribution in [2.45, 2.75) is 26.2 Å². The molecule has 0 aliphatic carbocycles. The second-order valence-corrected chi connectivity index (χ2v) is 6.87. The van der Waals surface area contributed by atoms with Crippen LogP contribution in [0.2, 0.25) is 5.02 Å². The second-order valence-electron chi connectivity index (χ2n) is 6.50. The normalized spacial score (nSPS) is 11.7. The Balaban J connectivity index is 1.62. The van der Waals surface area contributed by atoms with E-state index >= 15 is 0 Å². The van der Waals surface area contributed by atoms with Gasteiger partial charge >= 0.3 is 0 Å². The van der Waals surface area contributed by atoms with E-state index in [1.54, 1.807) is 4.52 Å². The van der Waals surface area contributed by atoms with Gasteiger partial charge in [0.15, 0.2) is 18.1 Å². The van der Waals surface area contributed by atoms with Gasteiger partial charge in [-0.1, -0.05) is 43.6 Å². The third kappa shape index (κ3) is 3.61. The molecule has 0 aliphatic rings. The number of amides is 1. The fourth-order valence-corrected chi connectivity index (χ4v) is 2.63. The van der Waals surface area contributed by atoms with Crippen LogP contribution < -0.4 is 10.1 Å². The van der Waals surface area contributed by atoms with Crippen molar-refractivity contribution >= 4 is 23.2 Å². The zero-order valence-corrected chi connectivity index (χ0v) is 15.1. The number of halogens is 1. The van der Waals surface area contributed by atoms with Gasteiger partial charge in [-0.2, -0.15) is 0 Å². The fraction of sp³-hybridized carbons (Fsp3) is 0.353. The second kappa shape index (κ2) is 6.76. The van der Waals surface area contributed by atoms with E-state index in [1.165, 1.54) is 0 Å². The summed E-state index contributed by atoms with van der Waals surface area (Å²) in [7, 11) is 0. The Kier molecular flexibility index (Phi) is 4.67. The molecule has 0 fully saturated rings. The van der Waals surface area contributed by atoms with Gasteiger partial charge in [0, 0.05) is 12.0 Å². The molecule has 0 saturated heterocycles. The number of hydrogen-bond acceptors (Lipinski definition) is 4. The summed E-state index contributed by atoms with van der Waals surface area (Å²) in [5.74, 6) is 1.16. The first-order chi connectivity index (χ1) is 11.9. The Morgan fingerprint density at radius 1 is 1.32 bits per heavy atom. The van der Waals surface area contributed by atoms with E-state index in [0.29, 0.717) is 28.8 Å². The molecule has 25 heavy (non-hydrogen) atoms. The summed E-state index contributed by atoms with van der Waals surface area (Å²) in [6.07, 6.45) is 0. The number of nitrogens with zero attached hydrogens (tertiary/aromatic N) is 3. The van der Waals surface area contributed by atoms with E-state index in [2.05, 4.69) is 20.6 Å². The third-order valence-corrected chi connectivity index (χ3v) is 4.37. The number of carbonyl (C=O) groups excluding carboxylic acids is 1. The lowest BCUT2D eigenvalue weighted by atomic mass is 9.92. The Labute approximate surface area is 150 Å². The van der Waals surface area contributed by atoms with Gasteiger partial charge in [-0.3, -0.25) is 9.89 Å². The molecule has 132 valence electrons. The first-order valence-electron chi connectivity index (χ1n) is 7.93. The lowest BCUT2D eigenvalue weighted by Gasteiger charge is -2.22. The van der Waals surface area contributed by atoms with Crippen molar-refractivity contribution in [1.29, 1.82) is 0 Å². The molecule has 0 aliphatic heterocycles. The van der Waals surface area contributed by atoms with Crippen molar-refractivity contribution in [2.24, 2.45) is 0 Å². The minimum absolute atomic E-state index is 0.0389. The van der Waals surface area contributed by atoms with Gasteiger partial charge in [0.2, 0.25) is 0 Å². The highest BCUT2D eigenvalue weighted by Crippen LogP contribution is 2.26. The van der Waals surface area contributed by atoms with Crippen LogP contribution in [0.5, 0.6) is 5.75 Å². The van der Waals surface area contributed by atoms with Crippen molar-refractivity contribution in [3.05, 3.63) is 46.9 Å². The molecule has 1 amide bonds. The number of carbonyl (C=O) groups is 1. The molecular formula is C17H20ClN5O2. The average Bonchev–Trinajstić information content (AvgIpc) is 3.13. The first-order valence-corrected chi connectivity index (χ1v) is 8.30. The molecule has 2 heterocycles. The van der Waals surface area contributed by atoms with Crippen LogP contribution in [0.3, 0.4) is 0 Å². The summed E-state index contributed by atoms with van der Waals surface area (Å²) < 4.78 is 7.20. The molecule has 0 saturated carbocycles. The molecule has 7 nitrogen and oxygen atoms in total. The maximum Gasteiger partial charge on any atom is 0.257 e. The van der Waals surface area contributed by atoms with Gasteiger partial charge in [-0.25, -0.2) is 4.52 Å². The zero-order valence-electron chi connectivity index (χ0n) is 14.3. The molecule has 3 aromatic rings. The standard InChI is InChI=1S/C17H20ClN5O2/c1-11-14(18)15-20-21-16(23(15)22-11)17(2,3)10-19-13(24)9-25-12-7-5-4-6-8-12/h4-8,22H,9-10H2,1-3H3,(H,19,24). The maximum absolute atomic E-state index is 12.0. The van der Waals surface area contributed by atoms with E-state index in [-0.39, 0.29) is 12.5 Å². The number of aromatic nitrogens is 4. The molecule has 1 aromatic carbocycles. The number of ether oxygens (including phenoxy) is 1. The monoisotopic (exact) mass is 361 g/mol. The number of H-pyrrole nitrogens is 1. The predicted octanol–water partition coefficient (Wildman–Crippen LogP) is 2.49. The average molecular weight is 362 g/mol. The highest BCUT2D eigenvalue weighted by molar-refractivity contribution is 6.34. The molecule has 2 N–H and O–H groups in total. The number of para-hydroxylation sites is 1. The first kappa shape index (κ1) is 17.3. The quantitative estimate of drug-likeness (QED) is 0.706. The molecule has 3 rings (SSSR count). The van der Waals surface area contributed by atoms with Gasteiger partial charge in [0.1, 0.15) is 10.8 Å². The zero-order chi connectivity index (χ0) is 18.0. The van der Waals surface area contributed by atoms with Crippen LogP contribution in [0.1, 0.15) is 25.4 Å². The van der Waals surface area contributed by atoms with Crippen LogP contribution in [0, 0.1) is 6.92 Å². The number of rotatable bonds is 6. The van der Waals surface area contributed by atoms with Crippen molar-refractivity contribution in [3.63, 3.8) is 0 Å². The van der Waals surface area contributed by atoms with Gasteiger partial charge in [0.05, 0.1) is 5.69 Å². The minimum Gasteiger partial charge on any atom is -0.484 e. The fourth-order valence-electron chi connectivity index (χ4n) is 2.47. The Hall–Kier alpha value is -2.54. The number of nitrogens with one attached hydrogen (secondary N) is 2. The van der Waals surface area contributed by atoms with E-state index in [4.69, 9.17) is 16.3 Å². The maximum atomic E-state index is 12.0. The lowest BCUT2D eigenvalue weighted by molar-refractivity contribution is -0.123. The van der Waals surface area contributed by atoms with Gasteiger partial charge < -0.3 is 10.1 Å². The van der Waals surface area contributed by atoms with Gasteiger partial charge in [-0.05, 0) is 19.1 Å². The summed E-state index contributed by atoms with van der Waals surface area (Å²) in [4.78, 5) is 12.0. The number of benzene rings is 1. The molecule has 2 aromatic heterocycles.